The Labute approximate surface area is 146 Å². The number of hydrogen-bond acceptors (Lipinski definition) is 2. The molecule has 0 radical (unpaired) electrons. The van der Waals surface area contributed by atoms with Gasteiger partial charge in [0.25, 0.3) is 0 Å². The fourth-order valence-electron chi connectivity index (χ4n) is 2.79. The van der Waals surface area contributed by atoms with Gasteiger partial charge < -0.3 is 10.2 Å². The molecule has 4 nitrogen and oxygen atoms in total. The Morgan fingerprint density at radius 1 is 1.17 bits per heavy atom. The molecular weight excluding hydrogens is 324 g/mol. The lowest BCUT2D eigenvalue weighted by molar-refractivity contribution is -0.126. The lowest BCUT2D eigenvalue weighted by atomic mass is 10.1. The van der Waals surface area contributed by atoms with E-state index >= 15 is 0 Å². The van der Waals surface area contributed by atoms with Crippen LogP contribution in [-0.2, 0) is 16.1 Å². The molecule has 24 heavy (non-hydrogen) atoms. The van der Waals surface area contributed by atoms with Gasteiger partial charge in [-0.3, -0.25) is 9.59 Å². The Hall–Kier alpha value is -2.33. The SMILES string of the molecule is Cc1ccc(N2C[C@H](C(=O)NCc3ccc(Cl)cc3)CC2=O)cc1. The zero-order valence-electron chi connectivity index (χ0n) is 13.5. The van der Waals surface area contributed by atoms with E-state index in [2.05, 4.69) is 5.32 Å². The van der Waals surface area contributed by atoms with Crippen LogP contribution in [-0.4, -0.2) is 18.4 Å². The molecule has 1 aliphatic rings. The van der Waals surface area contributed by atoms with Crippen LogP contribution in [0.15, 0.2) is 48.5 Å². The highest BCUT2D eigenvalue weighted by molar-refractivity contribution is 6.30. The topological polar surface area (TPSA) is 49.4 Å². The molecule has 2 amide bonds. The molecule has 0 unspecified atom stereocenters. The summed E-state index contributed by atoms with van der Waals surface area (Å²) in [7, 11) is 0. The van der Waals surface area contributed by atoms with Gasteiger partial charge in [-0.25, -0.2) is 0 Å². The average molecular weight is 343 g/mol. The number of carbonyl (C=O) groups excluding carboxylic acids is 2. The van der Waals surface area contributed by atoms with Crippen LogP contribution in [0.1, 0.15) is 17.5 Å². The van der Waals surface area contributed by atoms with Crippen LogP contribution >= 0.6 is 11.6 Å². The fourth-order valence-corrected chi connectivity index (χ4v) is 2.92. The molecule has 0 aliphatic carbocycles. The zero-order chi connectivity index (χ0) is 17.1. The number of halogens is 1. The first-order valence-electron chi connectivity index (χ1n) is 7.92. The predicted molar refractivity (Wildman–Crippen MR) is 94.9 cm³/mol. The Kier molecular flexibility index (Phi) is 4.86. The van der Waals surface area contributed by atoms with Gasteiger partial charge in [-0.1, -0.05) is 41.4 Å². The fraction of sp³-hybridized carbons (Fsp3) is 0.263. The van der Waals surface area contributed by atoms with E-state index < -0.39 is 0 Å². The number of carbonyl (C=O) groups is 2. The number of nitrogens with zero attached hydrogens (tertiary/aromatic N) is 1. The van der Waals surface area contributed by atoms with Crippen molar-refractivity contribution in [3.8, 4) is 0 Å². The maximum Gasteiger partial charge on any atom is 0.227 e. The van der Waals surface area contributed by atoms with Crippen LogP contribution < -0.4 is 10.2 Å². The van der Waals surface area contributed by atoms with Gasteiger partial charge in [0.2, 0.25) is 11.8 Å². The van der Waals surface area contributed by atoms with Crippen molar-refractivity contribution in [1.29, 1.82) is 0 Å². The van der Waals surface area contributed by atoms with Crippen molar-refractivity contribution in [1.82, 2.24) is 5.32 Å². The van der Waals surface area contributed by atoms with Gasteiger partial charge in [-0.05, 0) is 36.8 Å². The van der Waals surface area contributed by atoms with E-state index in [-0.39, 0.29) is 24.2 Å². The monoisotopic (exact) mass is 342 g/mol. The molecule has 0 bridgehead atoms. The molecular formula is C19H19ClN2O2. The van der Waals surface area contributed by atoms with Gasteiger partial charge in [-0.2, -0.15) is 0 Å². The quantitative estimate of drug-likeness (QED) is 0.926. The van der Waals surface area contributed by atoms with Crippen molar-refractivity contribution in [2.24, 2.45) is 5.92 Å². The van der Waals surface area contributed by atoms with E-state index in [1.54, 1.807) is 17.0 Å². The summed E-state index contributed by atoms with van der Waals surface area (Å²) in [6.45, 7) is 2.86. The van der Waals surface area contributed by atoms with Crippen molar-refractivity contribution in [3.05, 3.63) is 64.7 Å². The molecule has 1 aliphatic heterocycles. The molecule has 1 atom stereocenters. The molecule has 2 aromatic rings. The Morgan fingerprint density at radius 2 is 1.83 bits per heavy atom. The highest BCUT2D eigenvalue weighted by Gasteiger charge is 2.34. The van der Waals surface area contributed by atoms with E-state index in [9.17, 15) is 9.59 Å². The minimum atomic E-state index is -0.314. The summed E-state index contributed by atoms with van der Waals surface area (Å²) in [6.07, 6.45) is 0.250. The number of aryl methyl sites for hydroxylation is 1. The van der Waals surface area contributed by atoms with E-state index in [0.717, 1.165) is 16.8 Å². The number of hydrogen-bond donors (Lipinski definition) is 1. The highest BCUT2D eigenvalue weighted by Crippen LogP contribution is 2.25. The molecule has 0 aromatic heterocycles. The standard InChI is InChI=1S/C19H19ClN2O2/c1-13-2-8-17(9-3-13)22-12-15(10-18(22)23)19(24)21-11-14-4-6-16(20)7-5-14/h2-9,15H,10-12H2,1H3,(H,21,24)/t15-/m1/s1. The third-order valence-electron chi connectivity index (χ3n) is 4.22. The van der Waals surface area contributed by atoms with Crippen LogP contribution in [0.2, 0.25) is 5.02 Å². The van der Waals surface area contributed by atoms with Crippen molar-refractivity contribution < 1.29 is 9.59 Å². The van der Waals surface area contributed by atoms with E-state index in [4.69, 9.17) is 11.6 Å². The number of rotatable bonds is 4. The molecule has 1 fully saturated rings. The average Bonchev–Trinajstić information content (AvgIpc) is 2.97. The summed E-state index contributed by atoms with van der Waals surface area (Å²) in [4.78, 5) is 26.3. The van der Waals surface area contributed by atoms with Crippen molar-refractivity contribution in [2.75, 3.05) is 11.4 Å². The maximum absolute atomic E-state index is 12.3. The van der Waals surface area contributed by atoms with E-state index in [0.29, 0.717) is 18.1 Å². The first-order valence-corrected chi connectivity index (χ1v) is 8.30. The van der Waals surface area contributed by atoms with Crippen molar-refractivity contribution >= 4 is 29.1 Å². The maximum atomic E-state index is 12.3. The third kappa shape index (κ3) is 3.77. The summed E-state index contributed by atoms with van der Waals surface area (Å²) in [5, 5.41) is 3.57. The molecule has 1 heterocycles. The van der Waals surface area contributed by atoms with Crippen LogP contribution in [0.5, 0.6) is 0 Å². The summed E-state index contributed by atoms with van der Waals surface area (Å²) in [5.74, 6) is -0.412. The Morgan fingerprint density at radius 3 is 2.50 bits per heavy atom. The molecule has 2 aromatic carbocycles. The Balaban J connectivity index is 1.59. The van der Waals surface area contributed by atoms with Crippen molar-refractivity contribution in [3.63, 3.8) is 0 Å². The molecule has 1 saturated heterocycles. The molecule has 1 N–H and O–H groups in total. The lowest BCUT2D eigenvalue weighted by Gasteiger charge is -2.17. The second-order valence-electron chi connectivity index (χ2n) is 6.09. The van der Waals surface area contributed by atoms with Gasteiger partial charge in [0.1, 0.15) is 0 Å². The summed E-state index contributed by atoms with van der Waals surface area (Å²) < 4.78 is 0. The largest absolute Gasteiger partial charge is 0.352 e. The smallest absolute Gasteiger partial charge is 0.227 e. The number of anilines is 1. The van der Waals surface area contributed by atoms with Gasteiger partial charge in [0.05, 0.1) is 5.92 Å². The van der Waals surface area contributed by atoms with Gasteiger partial charge in [0, 0.05) is 30.2 Å². The summed E-state index contributed by atoms with van der Waals surface area (Å²) >= 11 is 5.85. The van der Waals surface area contributed by atoms with Gasteiger partial charge in [-0.15, -0.1) is 0 Å². The normalized spacial score (nSPS) is 17.2. The number of benzene rings is 2. The van der Waals surface area contributed by atoms with Crippen molar-refractivity contribution in [2.45, 2.75) is 19.9 Å². The number of nitrogens with one attached hydrogen (secondary N) is 1. The van der Waals surface area contributed by atoms with Crippen LogP contribution in [0.3, 0.4) is 0 Å². The van der Waals surface area contributed by atoms with E-state index in [1.165, 1.54) is 0 Å². The van der Waals surface area contributed by atoms with Crippen LogP contribution in [0.25, 0.3) is 0 Å². The van der Waals surface area contributed by atoms with Crippen LogP contribution in [0.4, 0.5) is 5.69 Å². The molecule has 124 valence electrons. The minimum Gasteiger partial charge on any atom is -0.352 e. The zero-order valence-corrected chi connectivity index (χ0v) is 14.2. The van der Waals surface area contributed by atoms with E-state index in [1.807, 2.05) is 43.3 Å². The van der Waals surface area contributed by atoms with Crippen LogP contribution in [0, 0.1) is 12.8 Å². The molecule has 0 spiro atoms. The molecule has 5 heteroatoms. The lowest BCUT2D eigenvalue weighted by Crippen LogP contribution is -2.32. The molecule has 0 saturated carbocycles. The number of amides is 2. The predicted octanol–water partition coefficient (Wildman–Crippen LogP) is 3.32. The minimum absolute atomic E-state index is 0.00880. The molecule has 3 rings (SSSR count). The second-order valence-corrected chi connectivity index (χ2v) is 6.52. The first-order chi connectivity index (χ1) is 11.5. The summed E-state index contributed by atoms with van der Waals surface area (Å²) in [6, 6.07) is 15.1. The third-order valence-corrected chi connectivity index (χ3v) is 4.47. The Bertz CT molecular complexity index is 741. The first kappa shape index (κ1) is 16.5. The highest BCUT2D eigenvalue weighted by atomic mass is 35.5. The van der Waals surface area contributed by atoms with Gasteiger partial charge in [0.15, 0.2) is 0 Å². The second kappa shape index (κ2) is 7.05. The van der Waals surface area contributed by atoms with Gasteiger partial charge >= 0.3 is 0 Å². The summed E-state index contributed by atoms with van der Waals surface area (Å²) in [5.41, 5.74) is 2.97.